The monoisotopic (exact) mass is 371 g/mol. The van der Waals surface area contributed by atoms with Gasteiger partial charge in [-0.1, -0.05) is 40.2 Å². The predicted molar refractivity (Wildman–Crippen MR) is 92.3 cm³/mol. The second-order valence-corrected chi connectivity index (χ2v) is 6.07. The number of aromatic hydroxyl groups is 1. The second-order valence-electron chi connectivity index (χ2n) is 5.22. The molecule has 0 aliphatic rings. The highest BCUT2D eigenvalue weighted by Crippen LogP contribution is 2.37. The van der Waals surface area contributed by atoms with Crippen LogP contribution in [0.15, 0.2) is 57.2 Å². The van der Waals surface area contributed by atoms with E-state index in [0.29, 0.717) is 11.3 Å². The molecule has 0 unspecified atom stereocenters. The van der Waals surface area contributed by atoms with Gasteiger partial charge in [0.05, 0.1) is 5.52 Å². The van der Waals surface area contributed by atoms with Crippen molar-refractivity contribution < 1.29 is 9.90 Å². The van der Waals surface area contributed by atoms with Gasteiger partial charge in [0.1, 0.15) is 0 Å². The first-order valence-electron chi connectivity index (χ1n) is 6.97. The molecule has 6 heteroatoms. The third kappa shape index (κ3) is 2.77. The molecular formula is C17H14BrN3O2. The van der Waals surface area contributed by atoms with Gasteiger partial charge in [0.15, 0.2) is 5.69 Å². The maximum Gasteiger partial charge on any atom is 0.295 e. The number of carbonyl (C=O) groups excluding carboxylic acids is 1. The number of halogens is 1. The first-order valence-corrected chi connectivity index (χ1v) is 7.77. The Hall–Kier alpha value is -2.47. The second kappa shape index (κ2) is 5.96. The number of benzene rings is 2. The van der Waals surface area contributed by atoms with E-state index in [9.17, 15) is 9.90 Å². The van der Waals surface area contributed by atoms with Gasteiger partial charge in [0.2, 0.25) is 5.88 Å². The number of rotatable bonds is 2. The molecule has 1 aromatic heterocycles. The molecule has 0 atom stereocenters. The Bertz CT molecular complexity index is 944. The molecule has 3 aromatic rings. The van der Waals surface area contributed by atoms with E-state index >= 15 is 0 Å². The molecule has 0 bridgehead atoms. The summed E-state index contributed by atoms with van der Waals surface area (Å²) in [5.74, 6) is -0.481. The number of hydrogen-bond acceptors (Lipinski definition) is 3. The molecule has 0 saturated carbocycles. The summed E-state index contributed by atoms with van der Waals surface area (Å²) in [6, 6.07) is 12.7. The highest BCUT2D eigenvalue weighted by molar-refractivity contribution is 9.10. The van der Waals surface area contributed by atoms with Crippen LogP contribution in [0.1, 0.15) is 15.9 Å². The zero-order valence-electron chi connectivity index (χ0n) is 12.6. The first-order chi connectivity index (χ1) is 11.0. The van der Waals surface area contributed by atoms with Gasteiger partial charge in [0.25, 0.3) is 5.91 Å². The van der Waals surface area contributed by atoms with Gasteiger partial charge in [0, 0.05) is 22.5 Å². The summed E-state index contributed by atoms with van der Waals surface area (Å²) in [6.07, 6.45) is 0. The average Bonchev–Trinajstić information content (AvgIpc) is 2.80. The van der Waals surface area contributed by atoms with Crippen molar-refractivity contribution in [1.82, 2.24) is 4.57 Å². The molecular weight excluding hydrogens is 358 g/mol. The number of para-hydroxylation sites is 1. The Morgan fingerprint density at radius 2 is 1.96 bits per heavy atom. The SMILES string of the molecule is Cc1ccc(C(=O)N=Nc2c(O)n(C)c3ccccc23)cc1Br. The van der Waals surface area contributed by atoms with Crippen LogP contribution >= 0.6 is 15.9 Å². The number of carbonyl (C=O) groups is 1. The van der Waals surface area contributed by atoms with Crippen molar-refractivity contribution in [3.63, 3.8) is 0 Å². The Balaban J connectivity index is 1.98. The minimum Gasteiger partial charge on any atom is -0.493 e. The molecule has 0 fully saturated rings. The Morgan fingerprint density at radius 1 is 1.22 bits per heavy atom. The largest absolute Gasteiger partial charge is 0.493 e. The number of azo groups is 1. The van der Waals surface area contributed by atoms with Crippen LogP contribution in [0.2, 0.25) is 0 Å². The van der Waals surface area contributed by atoms with Crippen LogP contribution in [0.4, 0.5) is 5.69 Å². The van der Waals surface area contributed by atoms with Crippen LogP contribution in [0.5, 0.6) is 5.88 Å². The van der Waals surface area contributed by atoms with Crippen molar-refractivity contribution >= 4 is 38.4 Å². The molecule has 0 aliphatic heterocycles. The summed E-state index contributed by atoms with van der Waals surface area (Å²) in [6.45, 7) is 1.94. The fourth-order valence-electron chi connectivity index (χ4n) is 2.34. The van der Waals surface area contributed by atoms with Gasteiger partial charge in [-0.3, -0.25) is 4.79 Å². The lowest BCUT2D eigenvalue weighted by Crippen LogP contribution is -1.94. The zero-order chi connectivity index (χ0) is 16.6. The molecule has 23 heavy (non-hydrogen) atoms. The number of aromatic nitrogens is 1. The lowest BCUT2D eigenvalue weighted by Gasteiger charge is -1.99. The van der Waals surface area contributed by atoms with Crippen LogP contribution in [0.25, 0.3) is 10.9 Å². The van der Waals surface area contributed by atoms with Crippen molar-refractivity contribution in [3.8, 4) is 5.88 Å². The fourth-order valence-corrected chi connectivity index (χ4v) is 2.72. The summed E-state index contributed by atoms with van der Waals surface area (Å²) in [4.78, 5) is 12.2. The van der Waals surface area contributed by atoms with Gasteiger partial charge >= 0.3 is 0 Å². The molecule has 2 aromatic carbocycles. The summed E-state index contributed by atoms with van der Waals surface area (Å²) >= 11 is 3.39. The lowest BCUT2D eigenvalue weighted by molar-refractivity contribution is 0.0995. The maximum atomic E-state index is 12.2. The standard InChI is InChI=1S/C17H14BrN3O2/c1-10-7-8-11(9-13(10)18)16(22)20-19-15-12-5-3-4-6-14(12)21(2)17(15)23/h3-9,23H,1-2H3. The van der Waals surface area contributed by atoms with Gasteiger partial charge < -0.3 is 9.67 Å². The van der Waals surface area contributed by atoms with Crippen LogP contribution in [-0.4, -0.2) is 15.6 Å². The molecule has 0 spiro atoms. The lowest BCUT2D eigenvalue weighted by atomic mass is 10.1. The van der Waals surface area contributed by atoms with Crippen molar-refractivity contribution in [2.24, 2.45) is 17.3 Å². The topological polar surface area (TPSA) is 66.9 Å². The minimum absolute atomic E-state index is 0.0205. The van der Waals surface area contributed by atoms with Gasteiger partial charge in [-0.15, -0.1) is 10.2 Å². The third-order valence-corrected chi connectivity index (χ3v) is 4.56. The van der Waals surface area contributed by atoms with E-state index in [4.69, 9.17) is 0 Å². The Morgan fingerprint density at radius 3 is 2.70 bits per heavy atom. The summed E-state index contributed by atoms with van der Waals surface area (Å²) in [5.41, 5.74) is 2.59. The molecule has 0 radical (unpaired) electrons. The zero-order valence-corrected chi connectivity index (χ0v) is 14.2. The van der Waals surface area contributed by atoms with Crippen LogP contribution in [0, 0.1) is 6.92 Å². The average molecular weight is 372 g/mol. The molecule has 0 saturated heterocycles. The summed E-state index contributed by atoms with van der Waals surface area (Å²) in [5, 5.41) is 18.6. The van der Waals surface area contributed by atoms with Crippen LogP contribution < -0.4 is 0 Å². The van der Waals surface area contributed by atoms with Gasteiger partial charge in [-0.2, -0.15) is 0 Å². The summed E-state index contributed by atoms with van der Waals surface area (Å²) in [7, 11) is 1.73. The van der Waals surface area contributed by atoms with E-state index in [1.54, 1.807) is 23.7 Å². The summed E-state index contributed by atoms with van der Waals surface area (Å²) < 4.78 is 2.45. The van der Waals surface area contributed by atoms with E-state index < -0.39 is 5.91 Å². The van der Waals surface area contributed by atoms with Crippen LogP contribution in [-0.2, 0) is 7.05 Å². The minimum atomic E-state index is -0.460. The van der Waals surface area contributed by atoms with Gasteiger partial charge in [-0.05, 0) is 30.7 Å². The van der Waals surface area contributed by atoms with E-state index in [2.05, 4.69) is 26.2 Å². The molecule has 1 N–H and O–H groups in total. The maximum absolute atomic E-state index is 12.2. The van der Waals surface area contributed by atoms with E-state index in [1.165, 1.54) is 0 Å². The Kier molecular flexibility index (Phi) is 4.00. The fraction of sp³-hybridized carbons (Fsp3) is 0.118. The van der Waals surface area contributed by atoms with E-state index in [-0.39, 0.29) is 5.88 Å². The number of aryl methyl sites for hydroxylation is 2. The Labute approximate surface area is 141 Å². The number of amides is 1. The number of fused-ring (bicyclic) bond motifs is 1. The molecule has 1 heterocycles. The molecule has 3 rings (SSSR count). The number of hydrogen-bond donors (Lipinski definition) is 1. The molecule has 5 nitrogen and oxygen atoms in total. The van der Waals surface area contributed by atoms with Gasteiger partial charge in [-0.25, -0.2) is 0 Å². The molecule has 0 aliphatic carbocycles. The highest BCUT2D eigenvalue weighted by Gasteiger charge is 2.14. The smallest absolute Gasteiger partial charge is 0.295 e. The predicted octanol–water partition coefficient (Wildman–Crippen LogP) is 4.88. The first kappa shape index (κ1) is 15.4. The van der Waals surface area contributed by atoms with Crippen molar-refractivity contribution in [3.05, 3.63) is 58.1 Å². The van der Waals surface area contributed by atoms with Crippen LogP contribution in [0.3, 0.4) is 0 Å². The molecule has 1 amide bonds. The van der Waals surface area contributed by atoms with Crippen molar-refractivity contribution in [1.29, 1.82) is 0 Å². The quantitative estimate of drug-likeness (QED) is 0.652. The third-order valence-electron chi connectivity index (χ3n) is 3.71. The molecule has 116 valence electrons. The highest BCUT2D eigenvalue weighted by atomic mass is 79.9. The van der Waals surface area contributed by atoms with E-state index in [1.807, 2.05) is 37.3 Å². The van der Waals surface area contributed by atoms with Crippen molar-refractivity contribution in [2.75, 3.05) is 0 Å². The normalized spacial score (nSPS) is 11.4. The van der Waals surface area contributed by atoms with E-state index in [0.717, 1.165) is 20.9 Å². The van der Waals surface area contributed by atoms with Crippen molar-refractivity contribution in [2.45, 2.75) is 6.92 Å². The number of nitrogens with zero attached hydrogens (tertiary/aromatic N) is 3.